The number of hydrogen-bond acceptors (Lipinski definition) is 3. The van der Waals surface area contributed by atoms with E-state index in [4.69, 9.17) is 4.42 Å². The second-order valence-corrected chi connectivity index (χ2v) is 16.7. The highest BCUT2D eigenvalue weighted by atomic mass is 32.1. The van der Waals surface area contributed by atoms with Crippen molar-refractivity contribution in [3.63, 3.8) is 0 Å². The standard InChI is InChI=1S/C58H37NOS/c1-2-15-38(16-3-1)45-26-12-17-39-18-13-28-50(57(39)45)47-23-4-7-29-52(47)59(43-21-10-19-40(35-43)41-33-34-49-48-24-5-8-30-53(48)60-54(49)37-41)44-22-11-20-42(36-44)46-27-14-32-56-58(46)51-25-6-9-31-55(51)61-56/h1-37H. The van der Waals surface area contributed by atoms with Crippen molar-refractivity contribution in [2.75, 3.05) is 4.90 Å². The van der Waals surface area contributed by atoms with Crippen LogP contribution < -0.4 is 4.90 Å². The van der Waals surface area contributed by atoms with Gasteiger partial charge in [-0.2, -0.15) is 0 Å². The molecule has 0 aliphatic heterocycles. The number of nitrogens with zero attached hydrogens (tertiary/aromatic N) is 1. The van der Waals surface area contributed by atoms with E-state index >= 15 is 0 Å². The maximum atomic E-state index is 6.37. The average Bonchev–Trinajstić information content (AvgIpc) is 3.90. The van der Waals surface area contributed by atoms with Gasteiger partial charge in [0.1, 0.15) is 11.2 Å². The maximum absolute atomic E-state index is 6.37. The lowest BCUT2D eigenvalue weighted by atomic mass is 9.90. The van der Waals surface area contributed by atoms with Crippen LogP contribution in [0.1, 0.15) is 0 Å². The second kappa shape index (κ2) is 14.5. The van der Waals surface area contributed by atoms with Crippen molar-refractivity contribution in [1.29, 1.82) is 0 Å². The zero-order valence-electron chi connectivity index (χ0n) is 33.1. The van der Waals surface area contributed by atoms with E-state index in [9.17, 15) is 0 Å². The number of benzene rings is 10. The number of para-hydroxylation sites is 2. The molecule has 10 aromatic carbocycles. The van der Waals surface area contributed by atoms with Gasteiger partial charge < -0.3 is 9.32 Å². The summed E-state index contributed by atoms with van der Waals surface area (Å²) < 4.78 is 8.97. The van der Waals surface area contributed by atoms with E-state index in [1.165, 1.54) is 58.8 Å². The van der Waals surface area contributed by atoms with Crippen LogP contribution in [0.2, 0.25) is 0 Å². The Bertz CT molecular complexity index is 3610. The Labute approximate surface area is 357 Å². The Morgan fingerprint density at radius 2 is 0.902 bits per heavy atom. The van der Waals surface area contributed by atoms with E-state index < -0.39 is 0 Å². The lowest BCUT2D eigenvalue weighted by Gasteiger charge is -2.29. The van der Waals surface area contributed by atoms with Gasteiger partial charge in [0.15, 0.2) is 0 Å². The molecule has 0 atom stereocenters. The molecule has 0 unspecified atom stereocenters. The molecule has 0 aliphatic carbocycles. The van der Waals surface area contributed by atoms with E-state index in [0.29, 0.717) is 0 Å². The van der Waals surface area contributed by atoms with Gasteiger partial charge >= 0.3 is 0 Å². The molecule has 0 saturated heterocycles. The van der Waals surface area contributed by atoms with Gasteiger partial charge in [0, 0.05) is 47.9 Å². The average molecular weight is 796 g/mol. The Balaban J connectivity index is 1.08. The largest absolute Gasteiger partial charge is 0.456 e. The maximum Gasteiger partial charge on any atom is 0.136 e. The van der Waals surface area contributed by atoms with E-state index in [1.54, 1.807) is 0 Å². The molecule has 286 valence electrons. The van der Waals surface area contributed by atoms with Crippen molar-refractivity contribution in [1.82, 2.24) is 0 Å². The molecular weight excluding hydrogens is 759 g/mol. The molecule has 61 heavy (non-hydrogen) atoms. The van der Waals surface area contributed by atoms with E-state index in [1.807, 2.05) is 23.5 Å². The molecule has 2 nitrogen and oxygen atoms in total. The lowest BCUT2D eigenvalue weighted by Crippen LogP contribution is -2.11. The van der Waals surface area contributed by atoms with Crippen LogP contribution in [0.15, 0.2) is 229 Å². The van der Waals surface area contributed by atoms with Gasteiger partial charge in [0.25, 0.3) is 0 Å². The topological polar surface area (TPSA) is 16.4 Å². The summed E-state index contributed by atoms with van der Waals surface area (Å²) in [6.45, 7) is 0. The second-order valence-electron chi connectivity index (χ2n) is 15.6. The number of fused-ring (bicyclic) bond motifs is 7. The van der Waals surface area contributed by atoms with Gasteiger partial charge in [0.05, 0.1) is 5.69 Å². The smallest absolute Gasteiger partial charge is 0.136 e. The molecule has 3 heteroatoms. The van der Waals surface area contributed by atoms with Crippen LogP contribution in [0.3, 0.4) is 0 Å². The minimum Gasteiger partial charge on any atom is -0.456 e. The normalized spacial score (nSPS) is 11.6. The van der Waals surface area contributed by atoms with Crippen LogP contribution in [-0.4, -0.2) is 0 Å². The summed E-state index contributed by atoms with van der Waals surface area (Å²) in [6.07, 6.45) is 0. The zero-order chi connectivity index (χ0) is 40.3. The highest BCUT2D eigenvalue weighted by Crippen LogP contribution is 2.47. The minimum absolute atomic E-state index is 0.888. The van der Waals surface area contributed by atoms with Gasteiger partial charge in [-0.3, -0.25) is 0 Å². The fraction of sp³-hybridized carbons (Fsp3) is 0. The quantitative estimate of drug-likeness (QED) is 0.160. The van der Waals surface area contributed by atoms with E-state index in [-0.39, 0.29) is 0 Å². The highest BCUT2D eigenvalue weighted by Gasteiger charge is 2.21. The van der Waals surface area contributed by atoms with Crippen LogP contribution in [0.4, 0.5) is 17.1 Å². The molecule has 12 aromatic rings. The number of hydrogen-bond donors (Lipinski definition) is 0. The predicted molar refractivity (Wildman–Crippen MR) is 261 cm³/mol. The minimum atomic E-state index is 0.888. The first-order chi connectivity index (χ1) is 30.2. The summed E-state index contributed by atoms with van der Waals surface area (Å²) in [6, 6.07) is 81.3. The van der Waals surface area contributed by atoms with E-state index in [2.05, 4.69) is 217 Å². The number of rotatable bonds is 7. The van der Waals surface area contributed by atoms with E-state index in [0.717, 1.165) is 55.7 Å². The third kappa shape index (κ3) is 6.01. The summed E-state index contributed by atoms with van der Waals surface area (Å²) in [7, 11) is 0. The molecule has 0 spiro atoms. The van der Waals surface area contributed by atoms with Crippen LogP contribution in [0.5, 0.6) is 0 Å². The first kappa shape index (κ1) is 35.2. The molecule has 2 heterocycles. The molecule has 2 aromatic heterocycles. The van der Waals surface area contributed by atoms with Crippen molar-refractivity contribution < 1.29 is 4.42 Å². The Morgan fingerprint density at radius 3 is 1.75 bits per heavy atom. The van der Waals surface area contributed by atoms with Gasteiger partial charge in [-0.05, 0) is 110 Å². The third-order valence-corrected chi connectivity index (χ3v) is 13.2. The van der Waals surface area contributed by atoms with Crippen LogP contribution >= 0.6 is 11.3 Å². The first-order valence-corrected chi connectivity index (χ1v) is 21.6. The van der Waals surface area contributed by atoms with Gasteiger partial charge in [-0.25, -0.2) is 0 Å². The van der Waals surface area contributed by atoms with Crippen LogP contribution in [0.25, 0.3) is 97.4 Å². The summed E-state index contributed by atoms with van der Waals surface area (Å²) in [4.78, 5) is 2.44. The first-order valence-electron chi connectivity index (χ1n) is 20.7. The summed E-state index contributed by atoms with van der Waals surface area (Å²) in [5, 5.41) is 7.31. The molecule has 0 amide bonds. The SMILES string of the molecule is c1ccc(-c2cccc3cccc(-c4ccccc4N(c4cccc(-c5ccc6c(c5)oc5ccccc56)c4)c4cccc(-c5cccc6sc7ccccc7c56)c4)c23)cc1. The lowest BCUT2D eigenvalue weighted by molar-refractivity contribution is 0.669. The number of furan rings is 1. The van der Waals surface area contributed by atoms with Crippen molar-refractivity contribution in [2.24, 2.45) is 0 Å². The molecule has 0 fully saturated rings. The molecule has 0 aliphatic rings. The number of thiophene rings is 1. The van der Waals surface area contributed by atoms with Gasteiger partial charge in [0.2, 0.25) is 0 Å². The van der Waals surface area contributed by atoms with Gasteiger partial charge in [-0.15, -0.1) is 11.3 Å². The Morgan fingerprint density at radius 1 is 0.328 bits per heavy atom. The zero-order valence-corrected chi connectivity index (χ0v) is 33.9. The fourth-order valence-corrected chi connectivity index (χ4v) is 10.4. The third-order valence-electron chi connectivity index (χ3n) is 12.1. The van der Waals surface area contributed by atoms with Gasteiger partial charge in [-0.1, -0.05) is 164 Å². The molecule has 0 bridgehead atoms. The highest BCUT2D eigenvalue weighted by molar-refractivity contribution is 7.25. The summed E-state index contributed by atoms with van der Waals surface area (Å²) in [5.74, 6) is 0. The van der Waals surface area contributed by atoms with Crippen molar-refractivity contribution in [3.8, 4) is 44.5 Å². The van der Waals surface area contributed by atoms with Crippen molar-refractivity contribution >= 4 is 81.3 Å². The molecule has 12 rings (SSSR count). The Kier molecular flexibility index (Phi) is 8.39. The summed E-state index contributed by atoms with van der Waals surface area (Å²) in [5.41, 5.74) is 14.4. The molecule has 0 saturated carbocycles. The molecular formula is C58H37NOS. The predicted octanol–water partition coefficient (Wildman–Crippen LogP) is 17.2. The molecule has 0 N–H and O–H groups in total. The monoisotopic (exact) mass is 795 g/mol. The van der Waals surface area contributed by atoms with Crippen molar-refractivity contribution in [3.05, 3.63) is 224 Å². The summed E-state index contributed by atoms with van der Waals surface area (Å²) >= 11 is 1.86. The van der Waals surface area contributed by atoms with Crippen molar-refractivity contribution in [2.45, 2.75) is 0 Å². The van der Waals surface area contributed by atoms with Crippen LogP contribution in [0, 0.1) is 0 Å². The van der Waals surface area contributed by atoms with Crippen LogP contribution in [-0.2, 0) is 0 Å². The fourth-order valence-electron chi connectivity index (χ4n) is 9.31. The molecule has 0 radical (unpaired) electrons. The number of anilines is 3. The Hall–Kier alpha value is -7.72.